The van der Waals surface area contributed by atoms with Gasteiger partial charge in [-0.1, -0.05) is 28.1 Å². The van der Waals surface area contributed by atoms with E-state index in [2.05, 4.69) is 21.2 Å². The first kappa shape index (κ1) is 28.1. The smallest absolute Gasteiger partial charge is 0.271 e. The van der Waals surface area contributed by atoms with Crippen molar-refractivity contribution in [1.82, 2.24) is 10.2 Å². The summed E-state index contributed by atoms with van der Waals surface area (Å²) < 4.78 is 32.1. The molecular formula is C22H27BrN4O7S. The number of nitro benzene ring substituents is 1. The summed E-state index contributed by atoms with van der Waals surface area (Å²) in [6.45, 7) is 2.96. The van der Waals surface area contributed by atoms with Crippen LogP contribution in [0.4, 0.5) is 11.4 Å². The first-order valence-electron chi connectivity index (χ1n) is 10.5. The number of hydrogen-bond acceptors (Lipinski definition) is 7. The molecule has 0 unspecified atom stereocenters. The molecule has 0 radical (unpaired) electrons. The minimum absolute atomic E-state index is 0.0280. The summed E-state index contributed by atoms with van der Waals surface area (Å²) in [5, 5.41) is 13.9. The number of ether oxygens (including phenoxy) is 1. The predicted molar refractivity (Wildman–Crippen MR) is 135 cm³/mol. The Balaban J connectivity index is 2.51. The van der Waals surface area contributed by atoms with Gasteiger partial charge in [0.2, 0.25) is 21.8 Å². The zero-order valence-electron chi connectivity index (χ0n) is 19.7. The molecule has 2 amide bonds. The van der Waals surface area contributed by atoms with Crippen LogP contribution in [0, 0.1) is 10.1 Å². The third-order valence-corrected chi connectivity index (χ3v) is 6.70. The van der Waals surface area contributed by atoms with Gasteiger partial charge in [0.1, 0.15) is 24.0 Å². The van der Waals surface area contributed by atoms with Gasteiger partial charge in [0.15, 0.2) is 0 Å². The molecule has 190 valence electrons. The van der Waals surface area contributed by atoms with E-state index in [-0.39, 0.29) is 23.7 Å². The number of non-ortho nitro benzene ring substituents is 1. The molecule has 35 heavy (non-hydrogen) atoms. The molecule has 0 aliphatic carbocycles. The van der Waals surface area contributed by atoms with Crippen molar-refractivity contribution in [2.75, 3.05) is 30.8 Å². The van der Waals surface area contributed by atoms with Crippen LogP contribution in [-0.2, 0) is 26.2 Å². The Morgan fingerprint density at radius 2 is 1.91 bits per heavy atom. The predicted octanol–water partition coefficient (Wildman–Crippen LogP) is 2.69. The van der Waals surface area contributed by atoms with Crippen molar-refractivity contribution in [3.05, 3.63) is 62.6 Å². The van der Waals surface area contributed by atoms with Crippen LogP contribution in [0.1, 0.15) is 19.4 Å². The fourth-order valence-electron chi connectivity index (χ4n) is 3.32. The molecular weight excluding hydrogens is 544 g/mol. The first-order chi connectivity index (χ1) is 16.4. The van der Waals surface area contributed by atoms with Crippen LogP contribution in [0.2, 0.25) is 0 Å². The number of anilines is 1. The van der Waals surface area contributed by atoms with Crippen LogP contribution in [0.25, 0.3) is 0 Å². The van der Waals surface area contributed by atoms with E-state index in [0.717, 1.165) is 21.1 Å². The maximum absolute atomic E-state index is 13.5. The Morgan fingerprint density at radius 1 is 1.23 bits per heavy atom. The monoisotopic (exact) mass is 570 g/mol. The Morgan fingerprint density at radius 3 is 2.46 bits per heavy atom. The van der Waals surface area contributed by atoms with Crippen molar-refractivity contribution in [3.63, 3.8) is 0 Å². The molecule has 0 aliphatic heterocycles. The number of amides is 2. The Labute approximate surface area is 212 Å². The molecule has 0 bridgehead atoms. The third kappa shape index (κ3) is 7.39. The molecule has 0 aromatic heterocycles. The Bertz CT molecular complexity index is 1210. The molecule has 2 aromatic rings. The largest absolute Gasteiger partial charge is 0.495 e. The van der Waals surface area contributed by atoms with Crippen LogP contribution < -0.4 is 14.4 Å². The van der Waals surface area contributed by atoms with Gasteiger partial charge in [-0.2, -0.15) is 0 Å². The second-order valence-corrected chi connectivity index (χ2v) is 10.4. The number of nitrogens with zero attached hydrogens (tertiary/aromatic N) is 3. The molecule has 13 heteroatoms. The van der Waals surface area contributed by atoms with Crippen LogP contribution >= 0.6 is 15.9 Å². The number of hydrogen-bond donors (Lipinski definition) is 1. The van der Waals surface area contributed by atoms with Gasteiger partial charge in [-0.05, 0) is 37.6 Å². The number of nitro groups is 1. The first-order valence-corrected chi connectivity index (χ1v) is 13.1. The van der Waals surface area contributed by atoms with Crippen LogP contribution in [0.15, 0.2) is 46.9 Å². The molecule has 2 aromatic carbocycles. The van der Waals surface area contributed by atoms with Crippen molar-refractivity contribution in [2.45, 2.75) is 26.4 Å². The van der Waals surface area contributed by atoms with Crippen molar-refractivity contribution in [1.29, 1.82) is 0 Å². The van der Waals surface area contributed by atoms with Gasteiger partial charge in [0.05, 0.1) is 18.3 Å². The Kier molecular flexibility index (Phi) is 9.60. The molecule has 1 N–H and O–H groups in total. The third-order valence-electron chi connectivity index (χ3n) is 5.08. The molecule has 0 aliphatic rings. The highest BCUT2D eigenvalue weighted by molar-refractivity contribution is 9.10. The lowest BCUT2D eigenvalue weighted by Crippen LogP contribution is -2.51. The topological polar surface area (TPSA) is 139 Å². The van der Waals surface area contributed by atoms with E-state index in [1.165, 1.54) is 24.1 Å². The number of halogens is 1. The van der Waals surface area contributed by atoms with E-state index in [1.807, 2.05) is 6.07 Å². The minimum atomic E-state index is -4.08. The van der Waals surface area contributed by atoms with Gasteiger partial charge >= 0.3 is 0 Å². The maximum Gasteiger partial charge on any atom is 0.271 e. The molecule has 0 saturated carbocycles. The molecule has 0 spiro atoms. The van der Waals surface area contributed by atoms with Gasteiger partial charge in [-0.25, -0.2) is 8.42 Å². The number of carbonyl (C=O) groups excluding carboxylic acids is 2. The summed E-state index contributed by atoms with van der Waals surface area (Å²) in [7, 11) is -2.80. The Hall–Kier alpha value is -3.19. The normalized spacial score (nSPS) is 11.9. The van der Waals surface area contributed by atoms with E-state index < -0.39 is 39.3 Å². The number of carbonyl (C=O) groups is 2. The number of rotatable bonds is 11. The van der Waals surface area contributed by atoms with Gasteiger partial charge in [-0.3, -0.25) is 24.0 Å². The summed E-state index contributed by atoms with van der Waals surface area (Å²) in [4.78, 5) is 37.9. The van der Waals surface area contributed by atoms with Gasteiger partial charge in [-0.15, -0.1) is 0 Å². The zero-order chi connectivity index (χ0) is 26.3. The summed E-state index contributed by atoms with van der Waals surface area (Å²) >= 11 is 3.37. The fraction of sp³-hybridized carbons (Fsp3) is 0.364. The van der Waals surface area contributed by atoms with Crippen LogP contribution in [0.5, 0.6) is 5.75 Å². The average molecular weight is 571 g/mol. The SMILES string of the molecule is CCNC(=O)[C@H](C)N(Cc1cccc(Br)c1)C(=O)CN(c1cc([N+](=O)[O-])ccc1OC)S(C)(=O)=O. The summed E-state index contributed by atoms with van der Waals surface area (Å²) in [6.07, 6.45) is 0.879. The van der Waals surface area contributed by atoms with Crippen LogP contribution in [0.3, 0.4) is 0 Å². The van der Waals surface area contributed by atoms with Crippen molar-refractivity contribution in [2.24, 2.45) is 0 Å². The molecule has 0 fully saturated rings. The lowest BCUT2D eigenvalue weighted by atomic mass is 10.1. The van der Waals surface area contributed by atoms with Crippen molar-refractivity contribution in [3.8, 4) is 5.75 Å². The standard InChI is InChI=1S/C22H27BrN4O7S/c1-5-24-22(29)15(2)25(13-16-7-6-8-17(23)11-16)21(28)14-26(35(4,32)33)19-12-18(27(30)31)9-10-20(19)34-3/h6-12,15H,5,13-14H2,1-4H3,(H,24,29)/t15-/m0/s1. The van der Waals surface area contributed by atoms with E-state index in [4.69, 9.17) is 4.74 Å². The zero-order valence-corrected chi connectivity index (χ0v) is 22.1. The van der Waals surface area contributed by atoms with Crippen LogP contribution in [-0.4, -0.2) is 62.6 Å². The van der Waals surface area contributed by atoms with Gasteiger partial charge in [0.25, 0.3) is 5.69 Å². The number of sulfonamides is 1. The second-order valence-electron chi connectivity index (χ2n) is 7.61. The highest BCUT2D eigenvalue weighted by atomic mass is 79.9. The number of likely N-dealkylation sites (N-methyl/N-ethyl adjacent to an activating group) is 1. The van der Waals surface area contributed by atoms with E-state index >= 15 is 0 Å². The summed E-state index contributed by atoms with van der Waals surface area (Å²) in [5.41, 5.74) is 0.178. The lowest BCUT2D eigenvalue weighted by Gasteiger charge is -2.31. The molecule has 0 saturated heterocycles. The van der Waals surface area contributed by atoms with Gasteiger partial charge in [0, 0.05) is 29.7 Å². The van der Waals surface area contributed by atoms with Crippen molar-refractivity contribution >= 4 is 49.1 Å². The van der Waals surface area contributed by atoms with Gasteiger partial charge < -0.3 is 15.0 Å². The molecule has 1 atom stereocenters. The summed E-state index contributed by atoms with van der Waals surface area (Å²) in [5.74, 6) is -1.05. The summed E-state index contributed by atoms with van der Waals surface area (Å²) in [6, 6.07) is 9.66. The molecule has 2 rings (SSSR count). The average Bonchev–Trinajstić information content (AvgIpc) is 2.79. The number of methoxy groups -OCH3 is 1. The highest BCUT2D eigenvalue weighted by Crippen LogP contribution is 2.34. The molecule has 0 heterocycles. The second kappa shape index (κ2) is 12.0. The quantitative estimate of drug-likeness (QED) is 0.323. The number of nitrogens with one attached hydrogen (secondary N) is 1. The lowest BCUT2D eigenvalue weighted by molar-refractivity contribution is -0.384. The highest BCUT2D eigenvalue weighted by Gasteiger charge is 2.31. The van der Waals surface area contributed by atoms with E-state index in [9.17, 15) is 28.1 Å². The fourth-order valence-corrected chi connectivity index (χ4v) is 4.61. The van der Waals surface area contributed by atoms with E-state index in [1.54, 1.807) is 32.0 Å². The van der Waals surface area contributed by atoms with Crippen molar-refractivity contribution < 1.29 is 27.7 Å². The molecule has 11 nitrogen and oxygen atoms in total. The van der Waals surface area contributed by atoms with E-state index in [0.29, 0.717) is 12.1 Å². The maximum atomic E-state index is 13.5. The minimum Gasteiger partial charge on any atom is -0.495 e. The number of benzene rings is 2.